The molecule has 272 valence electrons. The Morgan fingerprint density at radius 2 is 1.16 bits per heavy atom. The maximum Gasteiger partial charge on any atom is 0.336 e. The van der Waals surface area contributed by atoms with Crippen molar-refractivity contribution in [2.75, 3.05) is 20.3 Å². The minimum atomic E-state index is -1.70. The number of aromatic hydroxyl groups is 2. The van der Waals surface area contributed by atoms with Crippen LogP contribution < -0.4 is 25.5 Å². The maximum atomic E-state index is 11.5. The summed E-state index contributed by atoms with van der Waals surface area (Å²) in [6.07, 6.45) is -15.0. The third-order valence-electron chi connectivity index (χ3n) is 7.90. The zero-order valence-corrected chi connectivity index (χ0v) is 25.9. The van der Waals surface area contributed by atoms with Gasteiger partial charge >= 0.3 is 11.3 Å². The van der Waals surface area contributed by atoms with Crippen molar-refractivity contribution in [3.05, 3.63) is 63.3 Å². The summed E-state index contributed by atoms with van der Waals surface area (Å²) in [6.45, 7) is -1.25. The van der Waals surface area contributed by atoms with E-state index in [0.29, 0.717) is 10.8 Å². The van der Waals surface area contributed by atoms with Gasteiger partial charge in [-0.15, -0.1) is 0 Å². The van der Waals surface area contributed by atoms with E-state index in [9.17, 15) is 55.5 Å². The van der Waals surface area contributed by atoms with Gasteiger partial charge in [0.15, 0.2) is 22.8 Å². The number of rotatable bonds is 7. The molecule has 2 aromatic carbocycles. The second kappa shape index (κ2) is 15.1. The van der Waals surface area contributed by atoms with E-state index < -0.39 is 91.6 Å². The first kappa shape index (κ1) is 36.7. The van der Waals surface area contributed by atoms with Gasteiger partial charge in [0, 0.05) is 29.0 Å². The van der Waals surface area contributed by atoms with Crippen molar-refractivity contribution < 1.29 is 83.6 Å². The molecule has 0 radical (unpaired) electrons. The third-order valence-corrected chi connectivity index (χ3v) is 7.90. The monoisotopic (exact) mass is 710 g/mol. The number of hydrogen-bond donors (Lipinski definition) is 10. The van der Waals surface area contributed by atoms with Crippen molar-refractivity contribution in [3.8, 4) is 28.7 Å². The molecule has 2 fully saturated rings. The summed E-state index contributed by atoms with van der Waals surface area (Å²) in [4.78, 5) is 22.7. The Morgan fingerprint density at radius 3 is 1.72 bits per heavy atom. The lowest BCUT2D eigenvalue weighted by Crippen LogP contribution is -2.60. The van der Waals surface area contributed by atoms with E-state index in [-0.39, 0.29) is 34.2 Å². The Bertz CT molecular complexity index is 1900. The summed E-state index contributed by atoms with van der Waals surface area (Å²) in [5.74, 6) is -1.35. The van der Waals surface area contributed by atoms with Crippen LogP contribution in [0, 0.1) is 0 Å². The van der Waals surface area contributed by atoms with Crippen LogP contribution in [0.4, 0.5) is 0 Å². The minimum absolute atomic E-state index is 0.00550. The zero-order valence-electron chi connectivity index (χ0n) is 25.9. The van der Waals surface area contributed by atoms with Gasteiger partial charge in [-0.1, -0.05) is 0 Å². The van der Waals surface area contributed by atoms with Crippen LogP contribution in [0.25, 0.3) is 21.9 Å². The number of hydrogen-bond acceptors (Lipinski definition) is 19. The van der Waals surface area contributed by atoms with E-state index >= 15 is 0 Å². The molecule has 6 rings (SSSR count). The van der Waals surface area contributed by atoms with E-state index in [1.165, 1.54) is 37.4 Å². The first-order valence-electron chi connectivity index (χ1n) is 14.8. The molecule has 0 aliphatic carbocycles. The van der Waals surface area contributed by atoms with Gasteiger partial charge in [0.2, 0.25) is 24.1 Å². The van der Waals surface area contributed by atoms with Crippen molar-refractivity contribution in [3.63, 3.8) is 0 Å². The van der Waals surface area contributed by atoms with Crippen molar-refractivity contribution in [2.24, 2.45) is 0 Å². The van der Waals surface area contributed by atoms with Crippen LogP contribution in [-0.4, -0.2) is 133 Å². The Balaban J connectivity index is 0.000000195. The van der Waals surface area contributed by atoms with Crippen molar-refractivity contribution >= 4 is 21.9 Å². The molecule has 4 aromatic rings. The van der Waals surface area contributed by atoms with E-state index in [2.05, 4.69) is 0 Å². The fourth-order valence-electron chi connectivity index (χ4n) is 5.16. The number of methoxy groups -OCH3 is 1. The Hall–Kier alpha value is -4.54. The molecule has 19 nitrogen and oxygen atoms in total. The Kier molecular flexibility index (Phi) is 11.1. The van der Waals surface area contributed by atoms with Gasteiger partial charge in [-0.05, 0) is 24.3 Å². The van der Waals surface area contributed by atoms with Crippen molar-refractivity contribution in [2.45, 2.75) is 61.4 Å². The highest BCUT2D eigenvalue weighted by Gasteiger charge is 2.46. The molecular formula is C31H34O19. The first-order valence-corrected chi connectivity index (χ1v) is 14.8. The van der Waals surface area contributed by atoms with Gasteiger partial charge in [0.05, 0.1) is 20.3 Å². The SMILES string of the molecule is COc1cc2ccc(=O)oc2c(O[C@@H]2O[C@H](CO)[C@@H](O)[C@H](O)[C@H]2O)c1O.O=c1ccc2cc(O[C@@H]3O[C@H](CO)[C@@H](O)[C@H](O)[C@H]3O)c(O)cc2o1. The molecule has 0 saturated carbocycles. The number of phenolic OH excluding ortho intramolecular Hbond substituents is 2. The number of aliphatic hydroxyl groups excluding tert-OH is 8. The number of phenols is 2. The van der Waals surface area contributed by atoms with Gasteiger partial charge in [-0.25, -0.2) is 9.59 Å². The van der Waals surface area contributed by atoms with E-state index in [4.69, 9.17) is 37.6 Å². The number of fused-ring (bicyclic) bond motifs is 2. The molecule has 50 heavy (non-hydrogen) atoms. The fraction of sp³-hybridized carbons (Fsp3) is 0.419. The molecule has 2 aliphatic heterocycles. The van der Waals surface area contributed by atoms with Crippen LogP contribution in [0.3, 0.4) is 0 Å². The molecule has 10 N–H and O–H groups in total. The summed E-state index contributed by atoms with van der Waals surface area (Å²) in [5, 5.41) is 98.6. The third kappa shape index (κ3) is 7.32. The predicted octanol–water partition coefficient (Wildman–Crippen LogP) is -2.64. The number of aliphatic hydroxyl groups is 8. The minimum Gasteiger partial charge on any atom is -0.504 e. The summed E-state index contributed by atoms with van der Waals surface area (Å²) in [5.41, 5.74) is -1.28. The van der Waals surface area contributed by atoms with Gasteiger partial charge in [-0.3, -0.25) is 0 Å². The topological polar surface area (TPSA) is 309 Å². The molecule has 19 heteroatoms. The molecule has 2 saturated heterocycles. The molecule has 0 bridgehead atoms. The van der Waals surface area contributed by atoms with Gasteiger partial charge in [-0.2, -0.15) is 0 Å². The molecule has 2 aliphatic rings. The first-order chi connectivity index (χ1) is 23.8. The largest absolute Gasteiger partial charge is 0.504 e. The second-order valence-electron chi connectivity index (χ2n) is 11.2. The van der Waals surface area contributed by atoms with Gasteiger partial charge in [0.1, 0.15) is 54.4 Å². The molecule has 2 aromatic heterocycles. The smallest absolute Gasteiger partial charge is 0.336 e. The molecular weight excluding hydrogens is 676 g/mol. The van der Waals surface area contributed by atoms with Crippen LogP contribution in [-0.2, 0) is 9.47 Å². The lowest BCUT2D eigenvalue weighted by Gasteiger charge is -2.39. The van der Waals surface area contributed by atoms with E-state index in [0.717, 1.165) is 12.1 Å². The van der Waals surface area contributed by atoms with E-state index in [1.807, 2.05) is 0 Å². The van der Waals surface area contributed by atoms with Crippen LogP contribution in [0.2, 0.25) is 0 Å². The van der Waals surface area contributed by atoms with E-state index in [1.54, 1.807) is 0 Å². The van der Waals surface area contributed by atoms with Crippen LogP contribution in [0.1, 0.15) is 0 Å². The Labute approximate surface area is 279 Å². The summed E-state index contributed by atoms with van der Waals surface area (Å²) < 4.78 is 36.3. The summed E-state index contributed by atoms with van der Waals surface area (Å²) >= 11 is 0. The summed E-state index contributed by atoms with van der Waals surface area (Å²) in [6, 6.07) is 9.16. The quantitative estimate of drug-likeness (QED) is 0.0877. The standard InChI is InChI=1S/C16H18O10.C15H16O9/c1-23-7-4-6-2-3-9(18)25-14(6)15(11(7)20)26-16-13(22)12(21)10(19)8(5-17)24-16;16-5-10-12(19)13(20)14(21)15(24-10)23-9-3-6-1-2-11(18)22-8(6)4-7(9)17/h2-4,8,10,12-13,16-17,19-22H,5H2,1H3;1-4,10,12-17,19-21H,5H2/t8-,10-,12+,13-,16+;10-,12-,13+,14-,15-/m11/s1. The van der Waals surface area contributed by atoms with Gasteiger partial charge in [0.25, 0.3) is 0 Å². The van der Waals surface area contributed by atoms with Crippen LogP contribution in [0.15, 0.2) is 60.9 Å². The lowest BCUT2D eigenvalue weighted by atomic mass is 9.99. The normalized spacial score (nSPS) is 29.6. The maximum absolute atomic E-state index is 11.5. The van der Waals surface area contributed by atoms with Crippen LogP contribution in [0.5, 0.6) is 28.7 Å². The highest BCUT2D eigenvalue weighted by molar-refractivity contribution is 5.88. The highest BCUT2D eigenvalue weighted by Crippen LogP contribution is 2.43. The molecule has 0 unspecified atom stereocenters. The van der Waals surface area contributed by atoms with Crippen molar-refractivity contribution in [1.82, 2.24) is 0 Å². The summed E-state index contributed by atoms with van der Waals surface area (Å²) in [7, 11) is 1.30. The van der Waals surface area contributed by atoms with Crippen molar-refractivity contribution in [1.29, 1.82) is 0 Å². The zero-order chi connectivity index (χ0) is 36.4. The lowest BCUT2D eigenvalue weighted by molar-refractivity contribution is -0.277. The average Bonchev–Trinajstić information content (AvgIpc) is 3.10. The second-order valence-corrected chi connectivity index (χ2v) is 11.2. The highest BCUT2D eigenvalue weighted by atomic mass is 16.7. The number of benzene rings is 2. The number of ether oxygens (including phenoxy) is 5. The Morgan fingerprint density at radius 1 is 0.640 bits per heavy atom. The average molecular weight is 711 g/mol. The fourth-order valence-corrected chi connectivity index (χ4v) is 5.16. The van der Waals surface area contributed by atoms with Crippen LogP contribution >= 0.6 is 0 Å². The van der Waals surface area contributed by atoms with Gasteiger partial charge < -0.3 is 83.6 Å². The predicted molar refractivity (Wildman–Crippen MR) is 164 cm³/mol. The molecule has 0 spiro atoms. The molecule has 10 atom stereocenters. The molecule has 4 heterocycles. The molecule has 0 amide bonds.